The summed E-state index contributed by atoms with van der Waals surface area (Å²) >= 11 is 14.9. The lowest BCUT2D eigenvalue weighted by Gasteiger charge is -2.07. The predicted molar refractivity (Wildman–Crippen MR) is 92.6 cm³/mol. The van der Waals surface area contributed by atoms with Gasteiger partial charge in [-0.3, -0.25) is 0 Å². The van der Waals surface area contributed by atoms with E-state index in [1.54, 1.807) is 11.3 Å². The Morgan fingerprint density at radius 2 is 2.05 bits per heavy atom. The van der Waals surface area contributed by atoms with E-state index in [4.69, 9.17) is 16.6 Å². The third kappa shape index (κ3) is 2.52. The maximum atomic E-state index is 6.33. The number of thiophene rings is 1. The molecule has 0 bridgehead atoms. The lowest BCUT2D eigenvalue weighted by molar-refractivity contribution is 1.13. The average molecular weight is 433 g/mol. The molecule has 0 aliphatic heterocycles. The molecule has 0 saturated carbocycles. The third-order valence-electron chi connectivity index (χ3n) is 3.04. The van der Waals surface area contributed by atoms with Crippen LogP contribution in [0, 0.1) is 0 Å². The van der Waals surface area contributed by atoms with Crippen LogP contribution in [0.4, 0.5) is 0 Å². The maximum Gasteiger partial charge on any atom is 0.163 e. The monoisotopic (exact) mass is 430 g/mol. The van der Waals surface area contributed by atoms with Crippen molar-refractivity contribution >= 4 is 65.7 Å². The van der Waals surface area contributed by atoms with Crippen LogP contribution in [0.15, 0.2) is 31.8 Å². The Labute approximate surface area is 142 Å². The van der Waals surface area contributed by atoms with Crippen LogP contribution in [-0.4, -0.2) is 9.97 Å². The van der Waals surface area contributed by atoms with Gasteiger partial charge in [0.1, 0.15) is 5.15 Å². The van der Waals surface area contributed by atoms with Gasteiger partial charge in [0, 0.05) is 10.9 Å². The van der Waals surface area contributed by atoms with Crippen LogP contribution < -0.4 is 0 Å². The maximum absolute atomic E-state index is 6.33. The number of fused-ring (bicyclic) bond motifs is 1. The molecule has 2 nitrogen and oxygen atoms in total. The normalized spacial score (nSPS) is 11.2. The van der Waals surface area contributed by atoms with Crippen LogP contribution in [0.5, 0.6) is 0 Å². The Kier molecular flexibility index (Phi) is 4.13. The molecule has 2 heterocycles. The van der Waals surface area contributed by atoms with E-state index >= 15 is 0 Å². The number of aromatic nitrogens is 2. The number of aryl methyl sites for hydroxylation is 1. The molecule has 0 spiro atoms. The highest BCUT2D eigenvalue weighted by Crippen LogP contribution is 2.38. The summed E-state index contributed by atoms with van der Waals surface area (Å²) in [6.07, 6.45) is 0.915. The SMILES string of the molecule is CCc1cccc2c(Cl)nc(-c3cc(Br)sc3Br)nc12. The minimum atomic E-state index is 0.495. The van der Waals surface area contributed by atoms with E-state index in [1.807, 2.05) is 18.2 Å². The van der Waals surface area contributed by atoms with Crippen LogP contribution >= 0.6 is 54.8 Å². The molecule has 0 fully saturated rings. The summed E-state index contributed by atoms with van der Waals surface area (Å²) in [5.41, 5.74) is 3.06. The lowest BCUT2D eigenvalue weighted by Crippen LogP contribution is -1.94. The Morgan fingerprint density at radius 1 is 1.25 bits per heavy atom. The van der Waals surface area contributed by atoms with E-state index in [-0.39, 0.29) is 0 Å². The largest absolute Gasteiger partial charge is 0.228 e. The summed E-state index contributed by atoms with van der Waals surface area (Å²) in [6.45, 7) is 2.11. The summed E-state index contributed by atoms with van der Waals surface area (Å²) in [6, 6.07) is 8.03. The molecular weight excluding hydrogens is 423 g/mol. The summed E-state index contributed by atoms with van der Waals surface area (Å²) in [7, 11) is 0. The Morgan fingerprint density at radius 3 is 2.70 bits per heavy atom. The van der Waals surface area contributed by atoms with Gasteiger partial charge in [0.15, 0.2) is 5.82 Å². The molecule has 6 heteroatoms. The zero-order chi connectivity index (χ0) is 14.3. The van der Waals surface area contributed by atoms with Crippen LogP contribution in [-0.2, 0) is 6.42 Å². The molecule has 3 rings (SSSR count). The quantitative estimate of drug-likeness (QED) is 0.457. The van der Waals surface area contributed by atoms with Crippen molar-refractivity contribution < 1.29 is 0 Å². The molecule has 0 unspecified atom stereocenters. The number of benzene rings is 1. The van der Waals surface area contributed by atoms with Gasteiger partial charge in [-0.25, -0.2) is 9.97 Å². The smallest absolute Gasteiger partial charge is 0.163 e. The molecule has 102 valence electrons. The molecular formula is C14H9Br2ClN2S. The molecule has 3 aromatic rings. The van der Waals surface area contributed by atoms with E-state index < -0.39 is 0 Å². The zero-order valence-corrected chi connectivity index (χ0v) is 15.2. The van der Waals surface area contributed by atoms with Gasteiger partial charge in [0.25, 0.3) is 0 Å². The van der Waals surface area contributed by atoms with Crippen molar-refractivity contribution in [1.29, 1.82) is 0 Å². The van der Waals surface area contributed by atoms with Crippen molar-refractivity contribution in [2.24, 2.45) is 0 Å². The van der Waals surface area contributed by atoms with Crippen LogP contribution in [0.2, 0.25) is 5.15 Å². The van der Waals surface area contributed by atoms with Gasteiger partial charge in [-0.05, 0) is 56.0 Å². The van der Waals surface area contributed by atoms with Gasteiger partial charge < -0.3 is 0 Å². The summed E-state index contributed by atoms with van der Waals surface area (Å²) in [5.74, 6) is 0.650. The highest BCUT2D eigenvalue weighted by molar-refractivity contribution is 9.12. The van der Waals surface area contributed by atoms with Crippen molar-refractivity contribution in [3.05, 3.63) is 42.6 Å². The zero-order valence-electron chi connectivity index (χ0n) is 10.5. The van der Waals surface area contributed by atoms with Gasteiger partial charge in [0.2, 0.25) is 0 Å². The highest BCUT2D eigenvalue weighted by Gasteiger charge is 2.14. The van der Waals surface area contributed by atoms with Gasteiger partial charge in [-0.2, -0.15) is 0 Å². The minimum absolute atomic E-state index is 0.495. The number of rotatable bonds is 2. The molecule has 0 atom stereocenters. The molecule has 0 aliphatic carbocycles. The fraction of sp³-hybridized carbons (Fsp3) is 0.143. The van der Waals surface area contributed by atoms with Crippen LogP contribution in [0.25, 0.3) is 22.3 Å². The molecule has 0 amide bonds. The van der Waals surface area contributed by atoms with Gasteiger partial charge in [0.05, 0.1) is 13.1 Å². The van der Waals surface area contributed by atoms with E-state index in [0.717, 1.165) is 30.5 Å². The molecule has 1 aromatic carbocycles. The van der Waals surface area contributed by atoms with E-state index in [2.05, 4.69) is 49.8 Å². The molecule has 2 aromatic heterocycles. The van der Waals surface area contributed by atoms with Gasteiger partial charge in [-0.1, -0.05) is 30.7 Å². The lowest BCUT2D eigenvalue weighted by atomic mass is 10.1. The van der Waals surface area contributed by atoms with Crippen molar-refractivity contribution in [3.8, 4) is 11.4 Å². The van der Waals surface area contributed by atoms with Crippen molar-refractivity contribution in [1.82, 2.24) is 9.97 Å². The van der Waals surface area contributed by atoms with Gasteiger partial charge in [-0.15, -0.1) is 11.3 Å². The summed E-state index contributed by atoms with van der Waals surface area (Å²) in [5, 5.41) is 1.40. The Bertz CT molecular complexity index is 801. The van der Waals surface area contributed by atoms with Crippen LogP contribution in [0.3, 0.4) is 0 Å². The van der Waals surface area contributed by atoms with E-state index in [1.165, 1.54) is 5.56 Å². The topological polar surface area (TPSA) is 25.8 Å². The highest BCUT2D eigenvalue weighted by atomic mass is 79.9. The second-order valence-corrected chi connectivity index (χ2v) is 8.35. The second-order valence-electron chi connectivity index (χ2n) is 4.24. The first kappa shape index (κ1) is 14.4. The molecule has 0 N–H and O–H groups in total. The van der Waals surface area contributed by atoms with Crippen molar-refractivity contribution in [2.75, 3.05) is 0 Å². The number of hydrogen-bond donors (Lipinski definition) is 0. The van der Waals surface area contributed by atoms with E-state index in [9.17, 15) is 0 Å². The molecule has 0 saturated heterocycles. The average Bonchev–Trinajstić information content (AvgIpc) is 2.77. The fourth-order valence-corrected chi connectivity index (χ4v) is 5.09. The molecule has 0 aliphatic rings. The number of para-hydroxylation sites is 1. The second kappa shape index (κ2) is 5.72. The summed E-state index contributed by atoms with van der Waals surface area (Å²) in [4.78, 5) is 9.14. The summed E-state index contributed by atoms with van der Waals surface area (Å²) < 4.78 is 2.02. The van der Waals surface area contributed by atoms with E-state index in [0.29, 0.717) is 11.0 Å². The Hall–Kier alpha value is -0.490. The van der Waals surface area contributed by atoms with Crippen molar-refractivity contribution in [2.45, 2.75) is 13.3 Å². The fourth-order valence-electron chi connectivity index (χ4n) is 2.07. The number of hydrogen-bond acceptors (Lipinski definition) is 3. The van der Waals surface area contributed by atoms with Crippen LogP contribution in [0.1, 0.15) is 12.5 Å². The third-order valence-corrected chi connectivity index (χ3v) is 5.67. The predicted octanol–water partition coefficient (Wildman–Crippen LogP) is 6.10. The first-order valence-corrected chi connectivity index (χ1v) is 8.78. The number of nitrogens with zero attached hydrogens (tertiary/aromatic N) is 2. The first-order valence-electron chi connectivity index (χ1n) is 6.00. The minimum Gasteiger partial charge on any atom is -0.228 e. The number of halogens is 3. The first-order chi connectivity index (χ1) is 9.60. The standard InChI is InChI=1S/C14H9Br2ClN2S/c1-2-7-4-3-5-8-11(7)18-14(19-13(8)17)9-6-10(15)20-12(9)16/h3-6H,2H2,1H3. The van der Waals surface area contributed by atoms with Gasteiger partial charge >= 0.3 is 0 Å². The van der Waals surface area contributed by atoms with Crippen molar-refractivity contribution in [3.63, 3.8) is 0 Å². The molecule has 20 heavy (non-hydrogen) atoms. The molecule has 0 radical (unpaired) electrons. The Balaban J connectivity index is 2.31.